The zero-order valence-corrected chi connectivity index (χ0v) is 11.5. The molecule has 0 spiro atoms. The first kappa shape index (κ1) is 13.0. The topological polar surface area (TPSA) is 44.8 Å². The van der Waals surface area contributed by atoms with Crippen LogP contribution in [-0.4, -0.2) is 24.8 Å². The van der Waals surface area contributed by atoms with E-state index in [4.69, 9.17) is 14.2 Å². The van der Waals surface area contributed by atoms with E-state index in [0.717, 1.165) is 30.6 Å². The quantitative estimate of drug-likeness (QED) is 0.614. The summed E-state index contributed by atoms with van der Waals surface area (Å²) in [7, 11) is 0. The number of rotatable bonds is 2. The Morgan fingerprint density at radius 3 is 2.85 bits per heavy atom. The summed E-state index contributed by atoms with van der Waals surface area (Å²) in [5.41, 5.74) is 0.815. The maximum atomic E-state index is 11.7. The lowest BCUT2D eigenvalue weighted by atomic mass is 10.1. The minimum absolute atomic E-state index is 0.0167. The molecule has 3 rings (SSSR count). The summed E-state index contributed by atoms with van der Waals surface area (Å²) in [6, 6.07) is 7.65. The molecule has 1 aliphatic carbocycles. The fourth-order valence-corrected chi connectivity index (χ4v) is 2.73. The zero-order chi connectivity index (χ0) is 13.9. The molecule has 0 amide bonds. The second-order valence-electron chi connectivity index (χ2n) is 5.00. The molecule has 0 saturated heterocycles. The number of hydrogen-bond acceptors (Lipinski definition) is 4. The Labute approximate surface area is 118 Å². The van der Waals surface area contributed by atoms with Crippen molar-refractivity contribution < 1.29 is 19.0 Å². The third-order valence-corrected chi connectivity index (χ3v) is 3.64. The Morgan fingerprint density at radius 1 is 1.30 bits per heavy atom. The summed E-state index contributed by atoms with van der Waals surface area (Å²) in [6.45, 7) is 2.14. The van der Waals surface area contributed by atoms with Gasteiger partial charge in [-0.3, -0.25) is 0 Å². The van der Waals surface area contributed by atoms with Crippen molar-refractivity contribution in [1.29, 1.82) is 0 Å². The second-order valence-corrected chi connectivity index (χ2v) is 5.00. The van der Waals surface area contributed by atoms with Crippen LogP contribution in [0.1, 0.15) is 31.7 Å². The normalized spacial score (nSPS) is 25.9. The molecule has 2 atom stereocenters. The second kappa shape index (κ2) is 5.57. The molecule has 4 nitrogen and oxygen atoms in total. The molecule has 0 aromatic heterocycles. The predicted molar refractivity (Wildman–Crippen MR) is 74.2 cm³/mol. The maximum Gasteiger partial charge on any atom is 0.334 e. The fraction of sp³-hybridized carbons (Fsp3) is 0.438. The number of fused-ring (bicyclic) bond motifs is 2. The summed E-state index contributed by atoms with van der Waals surface area (Å²) in [4.78, 5) is 11.7. The van der Waals surface area contributed by atoms with Gasteiger partial charge < -0.3 is 14.2 Å². The van der Waals surface area contributed by atoms with E-state index in [1.165, 1.54) is 6.08 Å². The molecule has 0 unspecified atom stereocenters. The summed E-state index contributed by atoms with van der Waals surface area (Å²) >= 11 is 0. The van der Waals surface area contributed by atoms with Gasteiger partial charge in [0, 0.05) is 0 Å². The van der Waals surface area contributed by atoms with Gasteiger partial charge in [0.05, 0.1) is 18.2 Å². The molecule has 1 aliphatic heterocycles. The molecule has 0 bridgehead atoms. The Morgan fingerprint density at radius 2 is 2.05 bits per heavy atom. The monoisotopic (exact) mass is 274 g/mol. The number of carbonyl (C=O) groups excluding carboxylic acids is 1. The number of esters is 1. The highest BCUT2D eigenvalue weighted by Gasteiger charge is 2.35. The fourth-order valence-electron chi connectivity index (χ4n) is 2.73. The van der Waals surface area contributed by atoms with Crippen LogP contribution in [0.2, 0.25) is 0 Å². The van der Waals surface area contributed by atoms with E-state index in [9.17, 15) is 4.79 Å². The zero-order valence-electron chi connectivity index (χ0n) is 11.5. The SMILES string of the molecule is CCOC(=O)/C=C1\O[C@@H]2CCC[C@H]2Oc2ccccc21. The van der Waals surface area contributed by atoms with E-state index < -0.39 is 0 Å². The number of hydrogen-bond donors (Lipinski definition) is 0. The third kappa shape index (κ3) is 2.50. The summed E-state index contributed by atoms with van der Waals surface area (Å²) in [5, 5.41) is 0. The van der Waals surface area contributed by atoms with Gasteiger partial charge in [-0.1, -0.05) is 12.1 Å². The molecule has 1 heterocycles. The highest BCUT2D eigenvalue weighted by Crippen LogP contribution is 2.38. The van der Waals surface area contributed by atoms with Crippen molar-refractivity contribution in [1.82, 2.24) is 0 Å². The smallest absolute Gasteiger partial charge is 0.334 e. The maximum absolute atomic E-state index is 11.7. The molecule has 1 saturated carbocycles. The lowest BCUT2D eigenvalue weighted by molar-refractivity contribution is -0.137. The molecule has 106 valence electrons. The predicted octanol–water partition coefficient (Wildman–Crippen LogP) is 2.92. The van der Waals surface area contributed by atoms with Gasteiger partial charge in [0.1, 0.15) is 23.7 Å². The highest BCUT2D eigenvalue weighted by atomic mass is 16.6. The van der Waals surface area contributed by atoms with Gasteiger partial charge >= 0.3 is 5.97 Å². The van der Waals surface area contributed by atoms with Crippen molar-refractivity contribution in [3.8, 4) is 5.75 Å². The molecule has 0 N–H and O–H groups in total. The molecule has 1 aromatic carbocycles. The van der Waals surface area contributed by atoms with Crippen LogP contribution >= 0.6 is 0 Å². The van der Waals surface area contributed by atoms with Gasteiger partial charge in [0.25, 0.3) is 0 Å². The lowest BCUT2D eigenvalue weighted by Crippen LogP contribution is -2.26. The lowest BCUT2D eigenvalue weighted by Gasteiger charge is -2.18. The molecule has 2 aliphatic rings. The van der Waals surface area contributed by atoms with Gasteiger partial charge in [0.2, 0.25) is 0 Å². The van der Waals surface area contributed by atoms with E-state index in [2.05, 4.69) is 0 Å². The van der Waals surface area contributed by atoms with Crippen molar-refractivity contribution in [2.24, 2.45) is 0 Å². The Kier molecular flexibility index (Phi) is 3.63. The molecule has 1 fully saturated rings. The Bertz CT molecular complexity index is 535. The Hall–Kier alpha value is -1.97. The molecular weight excluding hydrogens is 256 g/mol. The van der Waals surface area contributed by atoms with Gasteiger partial charge in [-0.25, -0.2) is 4.79 Å². The van der Waals surface area contributed by atoms with Crippen LogP contribution in [-0.2, 0) is 14.3 Å². The van der Waals surface area contributed by atoms with Crippen molar-refractivity contribution in [3.05, 3.63) is 35.9 Å². The van der Waals surface area contributed by atoms with Crippen LogP contribution in [0.25, 0.3) is 5.76 Å². The summed E-state index contributed by atoms with van der Waals surface area (Å²) in [6.07, 6.45) is 4.55. The standard InChI is InChI=1S/C16H18O4/c1-2-18-16(17)10-15-11-6-3-4-7-12(11)19-13-8-5-9-14(13)20-15/h3-4,6-7,10,13-14H,2,5,8-9H2,1H3/b15-10-/t13-,14-/m1/s1. The summed E-state index contributed by atoms with van der Waals surface area (Å²) < 4.78 is 17.0. The van der Waals surface area contributed by atoms with Crippen molar-refractivity contribution >= 4 is 11.7 Å². The minimum atomic E-state index is -0.381. The Balaban J connectivity index is 1.97. The highest BCUT2D eigenvalue weighted by molar-refractivity contribution is 5.90. The average molecular weight is 274 g/mol. The third-order valence-electron chi connectivity index (χ3n) is 3.64. The van der Waals surface area contributed by atoms with Crippen molar-refractivity contribution in [2.75, 3.05) is 6.61 Å². The molecule has 20 heavy (non-hydrogen) atoms. The van der Waals surface area contributed by atoms with Gasteiger partial charge in [-0.2, -0.15) is 0 Å². The van der Waals surface area contributed by atoms with Crippen LogP contribution in [0.4, 0.5) is 0 Å². The van der Waals surface area contributed by atoms with E-state index in [0.29, 0.717) is 12.4 Å². The number of para-hydroxylation sites is 1. The molecule has 4 heteroatoms. The van der Waals surface area contributed by atoms with Crippen molar-refractivity contribution in [3.63, 3.8) is 0 Å². The van der Waals surface area contributed by atoms with Gasteiger partial charge in [-0.05, 0) is 38.3 Å². The van der Waals surface area contributed by atoms with Crippen LogP contribution in [0.3, 0.4) is 0 Å². The van der Waals surface area contributed by atoms with Crippen LogP contribution in [0.15, 0.2) is 30.3 Å². The van der Waals surface area contributed by atoms with E-state index >= 15 is 0 Å². The molecule has 0 radical (unpaired) electrons. The van der Waals surface area contributed by atoms with E-state index in [-0.39, 0.29) is 18.2 Å². The minimum Gasteiger partial charge on any atom is -0.486 e. The average Bonchev–Trinajstić information content (AvgIpc) is 2.81. The van der Waals surface area contributed by atoms with Crippen molar-refractivity contribution in [2.45, 2.75) is 38.4 Å². The van der Waals surface area contributed by atoms with Crippen LogP contribution < -0.4 is 4.74 Å². The van der Waals surface area contributed by atoms with Gasteiger partial charge in [0.15, 0.2) is 0 Å². The number of benzene rings is 1. The van der Waals surface area contributed by atoms with E-state index in [1.54, 1.807) is 6.92 Å². The first-order valence-corrected chi connectivity index (χ1v) is 7.09. The van der Waals surface area contributed by atoms with Gasteiger partial charge in [-0.15, -0.1) is 0 Å². The van der Waals surface area contributed by atoms with Crippen LogP contribution in [0, 0.1) is 0 Å². The largest absolute Gasteiger partial charge is 0.486 e. The van der Waals surface area contributed by atoms with E-state index in [1.807, 2.05) is 24.3 Å². The first-order chi connectivity index (χ1) is 9.78. The summed E-state index contributed by atoms with van der Waals surface area (Å²) in [5.74, 6) is 0.944. The van der Waals surface area contributed by atoms with Crippen LogP contribution in [0.5, 0.6) is 5.75 Å². The number of ether oxygens (including phenoxy) is 3. The molecular formula is C16H18O4. The first-order valence-electron chi connectivity index (χ1n) is 7.09. The number of carbonyl (C=O) groups is 1. The molecule has 1 aromatic rings.